The highest BCUT2D eigenvalue weighted by Crippen LogP contribution is 2.37. The van der Waals surface area contributed by atoms with Gasteiger partial charge in [-0.05, 0) is 37.0 Å². The van der Waals surface area contributed by atoms with Crippen molar-refractivity contribution in [2.45, 2.75) is 58.4 Å². The molecule has 1 aromatic carbocycles. The SMILES string of the molecule is Cc1ccc(C[C@@H](CO)O[Si](C)(C)C(C)(C)C)cc1. The summed E-state index contributed by atoms with van der Waals surface area (Å²) in [6, 6.07) is 8.45. The Kier molecular flexibility index (Phi) is 5.36. The molecule has 0 aromatic heterocycles. The van der Waals surface area contributed by atoms with Crippen LogP contribution in [0.25, 0.3) is 0 Å². The van der Waals surface area contributed by atoms with Gasteiger partial charge in [-0.1, -0.05) is 50.6 Å². The van der Waals surface area contributed by atoms with Crippen molar-refractivity contribution < 1.29 is 9.53 Å². The predicted molar refractivity (Wildman–Crippen MR) is 84.0 cm³/mol. The van der Waals surface area contributed by atoms with Gasteiger partial charge in [-0.15, -0.1) is 0 Å². The predicted octanol–water partition coefficient (Wildman–Crippen LogP) is 3.92. The molecule has 0 spiro atoms. The van der Waals surface area contributed by atoms with Gasteiger partial charge < -0.3 is 9.53 Å². The zero-order valence-electron chi connectivity index (χ0n) is 13.2. The molecule has 0 unspecified atom stereocenters. The zero-order chi connectivity index (χ0) is 14.7. The fraction of sp³-hybridized carbons (Fsp3) is 0.625. The summed E-state index contributed by atoms with van der Waals surface area (Å²) in [5, 5.41) is 9.74. The highest BCUT2D eigenvalue weighted by Gasteiger charge is 2.38. The lowest BCUT2D eigenvalue weighted by Gasteiger charge is -2.39. The first kappa shape index (κ1) is 16.4. The normalized spacial score (nSPS) is 14.5. The van der Waals surface area contributed by atoms with Gasteiger partial charge in [0.2, 0.25) is 0 Å². The number of aliphatic hydroxyl groups is 1. The Hall–Kier alpha value is -0.643. The van der Waals surface area contributed by atoms with Crippen LogP contribution in [0.4, 0.5) is 0 Å². The van der Waals surface area contributed by atoms with E-state index in [-0.39, 0.29) is 17.7 Å². The molecule has 2 nitrogen and oxygen atoms in total. The quantitative estimate of drug-likeness (QED) is 0.828. The molecule has 0 aliphatic carbocycles. The summed E-state index contributed by atoms with van der Waals surface area (Å²) in [6.45, 7) is 13.3. The van der Waals surface area contributed by atoms with Crippen molar-refractivity contribution in [2.24, 2.45) is 0 Å². The Balaban J connectivity index is 2.72. The molecule has 0 amide bonds. The second-order valence-electron chi connectivity index (χ2n) is 6.87. The van der Waals surface area contributed by atoms with Crippen LogP contribution in [0.1, 0.15) is 31.9 Å². The molecule has 0 heterocycles. The van der Waals surface area contributed by atoms with E-state index in [1.54, 1.807) is 0 Å². The van der Waals surface area contributed by atoms with Crippen molar-refractivity contribution in [1.82, 2.24) is 0 Å². The van der Waals surface area contributed by atoms with Gasteiger partial charge in [-0.2, -0.15) is 0 Å². The fourth-order valence-corrected chi connectivity index (χ4v) is 3.07. The van der Waals surface area contributed by atoms with Gasteiger partial charge in [0.05, 0.1) is 12.7 Å². The smallest absolute Gasteiger partial charge is 0.192 e. The van der Waals surface area contributed by atoms with Crippen molar-refractivity contribution >= 4 is 8.32 Å². The number of aliphatic hydroxyl groups excluding tert-OH is 1. The van der Waals surface area contributed by atoms with Gasteiger partial charge in [0.15, 0.2) is 8.32 Å². The topological polar surface area (TPSA) is 29.5 Å². The van der Waals surface area contributed by atoms with Crippen LogP contribution in [0.5, 0.6) is 0 Å². The van der Waals surface area contributed by atoms with Crippen molar-refractivity contribution in [3.8, 4) is 0 Å². The van der Waals surface area contributed by atoms with E-state index in [9.17, 15) is 5.11 Å². The lowest BCUT2D eigenvalue weighted by atomic mass is 10.1. The van der Waals surface area contributed by atoms with Gasteiger partial charge in [0, 0.05) is 0 Å². The van der Waals surface area contributed by atoms with E-state index in [1.165, 1.54) is 11.1 Å². The third-order valence-electron chi connectivity index (χ3n) is 4.06. The van der Waals surface area contributed by atoms with Crippen molar-refractivity contribution in [3.05, 3.63) is 35.4 Å². The zero-order valence-corrected chi connectivity index (χ0v) is 14.2. The van der Waals surface area contributed by atoms with Gasteiger partial charge in [-0.25, -0.2) is 0 Å². The summed E-state index contributed by atoms with van der Waals surface area (Å²) >= 11 is 0. The molecule has 1 atom stereocenters. The Bertz CT molecular complexity index is 390. The van der Waals surface area contributed by atoms with E-state index in [0.717, 1.165) is 6.42 Å². The van der Waals surface area contributed by atoms with Gasteiger partial charge in [0.1, 0.15) is 0 Å². The molecule has 1 rings (SSSR count). The summed E-state index contributed by atoms with van der Waals surface area (Å²) < 4.78 is 6.27. The molecule has 0 aliphatic rings. The first-order chi connectivity index (χ1) is 8.65. The van der Waals surface area contributed by atoms with E-state index in [0.29, 0.717) is 0 Å². The van der Waals surface area contributed by atoms with Gasteiger partial charge >= 0.3 is 0 Å². The fourth-order valence-electron chi connectivity index (χ4n) is 1.72. The maximum Gasteiger partial charge on any atom is 0.192 e. The van der Waals surface area contributed by atoms with Gasteiger partial charge in [0.25, 0.3) is 0 Å². The molecule has 108 valence electrons. The molecule has 19 heavy (non-hydrogen) atoms. The maximum absolute atomic E-state index is 9.57. The van der Waals surface area contributed by atoms with Crippen molar-refractivity contribution in [3.63, 3.8) is 0 Å². The molecule has 3 heteroatoms. The lowest BCUT2D eigenvalue weighted by molar-refractivity contribution is 0.103. The van der Waals surface area contributed by atoms with Crippen LogP contribution in [0.15, 0.2) is 24.3 Å². The van der Waals surface area contributed by atoms with E-state index in [4.69, 9.17) is 4.43 Å². The minimum atomic E-state index is -1.81. The number of aryl methyl sites for hydroxylation is 1. The third-order valence-corrected chi connectivity index (χ3v) is 8.59. The molecule has 0 radical (unpaired) electrons. The molecule has 0 saturated carbocycles. The average molecular weight is 280 g/mol. The molecular formula is C16H28O2Si. The van der Waals surface area contributed by atoms with E-state index in [1.807, 2.05) is 0 Å². The highest BCUT2D eigenvalue weighted by molar-refractivity contribution is 6.74. The minimum Gasteiger partial charge on any atom is -0.411 e. The van der Waals surface area contributed by atoms with Crippen molar-refractivity contribution in [1.29, 1.82) is 0 Å². The van der Waals surface area contributed by atoms with Crippen LogP contribution < -0.4 is 0 Å². The Morgan fingerprint density at radius 3 is 2.11 bits per heavy atom. The highest BCUT2D eigenvalue weighted by atomic mass is 28.4. The Morgan fingerprint density at radius 2 is 1.68 bits per heavy atom. The third kappa shape index (κ3) is 4.75. The van der Waals surface area contributed by atoms with E-state index < -0.39 is 8.32 Å². The standard InChI is InChI=1S/C16H28O2Si/c1-13-7-9-14(10-8-13)11-15(12-17)18-19(5,6)16(2,3)4/h7-10,15,17H,11-12H2,1-6H3/t15-/m0/s1. The second-order valence-corrected chi connectivity index (χ2v) is 11.6. The summed E-state index contributed by atoms with van der Waals surface area (Å²) in [6.07, 6.45) is 0.687. The van der Waals surface area contributed by atoms with Crippen LogP contribution in [0.3, 0.4) is 0 Å². The second kappa shape index (κ2) is 6.20. The summed E-state index contributed by atoms with van der Waals surface area (Å²) in [5.74, 6) is 0. The molecular weight excluding hydrogens is 252 g/mol. The summed E-state index contributed by atoms with van der Waals surface area (Å²) in [4.78, 5) is 0. The summed E-state index contributed by atoms with van der Waals surface area (Å²) in [5.41, 5.74) is 2.48. The Morgan fingerprint density at radius 1 is 1.16 bits per heavy atom. The van der Waals surface area contributed by atoms with Crippen LogP contribution in [0, 0.1) is 6.92 Å². The van der Waals surface area contributed by atoms with Gasteiger partial charge in [-0.3, -0.25) is 0 Å². The van der Waals surface area contributed by atoms with Crippen LogP contribution >= 0.6 is 0 Å². The van der Waals surface area contributed by atoms with Crippen LogP contribution in [-0.2, 0) is 10.8 Å². The number of rotatable bonds is 5. The molecule has 1 aromatic rings. The summed E-state index contributed by atoms with van der Waals surface area (Å²) in [7, 11) is -1.81. The van der Waals surface area contributed by atoms with Crippen molar-refractivity contribution in [2.75, 3.05) is 6.61 Å². The number of hydrogen-bond donors (Lipinski definition) is 1. The molecule has 1 N–H and O–H groups in total. The lowest BCUT2D eigenvalue weighted by Crippen LogP contribution is -2.45. The van der Waals surface area contributed by atoms with Crippen LogP contribution in [-0.4, -0.2) is 26.1 Å². The average Bonchev–Trinajstić information content (AvgIpc) is 2.29. The minimum absolute atomic E-state index is 0.0837. The number of benzene rings is 1. The maximum atomic E-state index is 9.57. The van der Waals surface area contributed by atoms with E-state index in [2.05, 4.69) is 65.1 Å². The first-order valence-electron chi connectivity index (χ1n) is 7.00. The molecule has 0 aliphatic heterocycles. The van der Waals surface area contributed by atoms with Crippen LogP contribution in [0.2, 0.25) is 18.1 Å². The molecule has 0 bridgehead atoms. The molecule has 0 fully saturated rings. The Labute approximate surface area is 118 Å². The first-order valence-corrected chi connectivity index (χ1v) is 9.91. The van der Waals surface area contributed by atoms with E-state index >= 15 is 0 Å². The molecule has 0 saturated heterocycles. The monoisotopic (exact) mass is 280 g/mol. The largest absolute Gasteiger partial charge is 0.411 e. The number of hydrogen-bond acceptors (Lipinski definition) is 2.